The fraction of sp³-hybridized carbons (Fsp3) is 1.00. The minimum atomic E-state index is 0.0220. The molecule has 1 N–H and O–H groups in total. The SMILES string of the molecule is OC1CC2[B]C1CC2. The van der Waals surface area contributed by atoms with Crippen molar-refractivity contribution in [2.24, 2.45) is 0 Å². The third-order valence-corrected chi connectivity index (χ3v) is 2.43. The molecular weight excluding hydrogens is 98.9 g/mol. The van der Waals surface area contributed by atoms with Crippen LogP contribution in [0.5, 0.6) is 0 Å². The van der Waals surface area contributed by atoms with Crippen molar-refractivity contribution in [2.75, 3.05) is 0 Å². The van der Waals surface area contributed by atoms with Gasteiger partial charge in [-0.3, -0.25) is 0 Å². The molecule has 0 saturated carbocycles. The summed E-state index contributed by atoms with van der Waals surface area (Å²) in [6.45, 7) is 0. The van der Waals surface area contributed by atoms with Crippen molar-refractivity contribution < 1.29 is 5.11 Å². The summed E-state index contributed by atoms with van der Waals surface area (Å²) in [6.07, 6.45) is 3.65. The number of hydrogen-bond donors (Lipinski definition) is 1. The quantitative estimate of drug-likeness (QED) is 0.456. The summed E-state index contributed by atoms with van der Waals surface area (Å²) in [6, 6.07) is 0. The molecule has 3 unspecified atom stereocenters. The summed E-state index contributed by atoms with van der Waals surface area (Å²) in [5, 5.41) is 9.19. The Kier molecular flexibility index (Phi) is 0.914. The molecule has 2 rings (SSSR count). The van der Waals surface area contributed by atoms with Crippen LogP contribution >= 0.6 is 0 Å². The highest BCUT2D eigenvalue weighted by molar-refractivity contribution is 6.42. The molecule has 0 spiro atoms. The van der Waals surface area contributed by atoms with Gasteiger partial charge >= 0.3 is 0 Å². The van der Waals surface area contributed by atoms with Crippen LogP contribution in [0.4, 0.5) is 0 Å². The number of hydrogen-bond acceptors (Lipinski definition) is 1. The smallest absolute Gasteiger partial charge is 0.121 e. The van der Waals surface area contributed by atoms with Crippen LogP contribution in [-0.2, 0) is 0 Å². The molecule has 1 radical (unpaired) electrons. The minimum Gasteiger partial charge on any atom is -0.394 e. The second-order valence-electron chi connectivity index (χ2n) is 3.00. The van der Waals surface area contributed by atoms with Crippen LogP contribution in [0.15, 0.2) is 0 Å². The van der Waals surface area contributed by atoms with E-state index in [0.29, 0.717) is 5.82 Å². The summed E-state index contributed by atoms with van der Waals surface area (Å²) in [7, 11) is 2.32. The molecule has 0 aromatic rings. The van der Waals surface area contributed by atoms with Crippen molar-refractivity contribution in [1.82, 2.24) is 0 Å². The molecule has 2 aliphatic heterocycles. The maximum atomic E-state index is 9.19. The molecule has 2 heterocycles. The van der Waals surface area contributed by atoms with Gasteiger partial charge in [0.2, 0.25) is 0 Å². The fourth-order valence-corrected chi connectivity index (χ4v) is 1.95. The number of aliphatic hydroxyl groups excluding tert-OH is 1. The molecule has 2 heteroatoms. The first-order valence-corrected chi connectivity index (χ1v) is 3.39. The van der Waals surface area contributed by atoms with E-state index in [0.717, 1.165) is 12.2 Å². The average molecular weight is 109 g/mol. The molecule has 3 atom stereocenters. The number of aliphatic hydroxyl groups is 1. The molecule has 2 saturated heterocycles. The van der Waals surface area contributed by atoms with E-state index >= 15 is 0 Å². The molecule has 2 bridgehead atoms. The third-order valence-electron chi connectivity index (χ3n) is 2.43. The Morgan fingerprint density at radius 3 is 2.50 bits per heavy atom. The van der Waals surface area contributed by atoms with Gasteiger partial charge in [0.05, 0.1) is 0 Å². The van der Waals surface area contributed by atoms with E-state index in [1.807, 2.05) is 0 Å². The monoisotopic (exact) mass is 109 g/mol. The van der Waals surface area contributed by atoms with Gasteiger partial charge in [-0.1, -0.05) is 18.7 Å². The zero-order valence-electron chi connectivity index (χ0n) is 4.88. The summed E-state index contributed by atoms with van der Waals surface area (Å²) >= 11 is 0. The highest BCUT2D eigenvalue weighted by Crippen LogP contribution is 2.46. The molecular formula is C6H10BO. The fourth-order valence-electron chi connectivity index (χ4n) is 1.95. The van der Waals surface area contributed by atoms with Gasteiger partial charge < -0.3 is 5.11 Å². The number of rotatable bonds is 0. The highest BCUT2D eigenvalue weighted by Gasteiger charge is 2.38. The van der Waals surface area contributed by atoms with Crippen molar-refractivity contribution in [3.05, 3.63) is 0 Å². The Hall–Kier alpha value is 0.0249. The van der Waals surface area contributed by atoms with Gasteiger partial charge in [0, 0.05) is 6.10 Å². The molecule has 2 fully saturated rings. The second kappa shape index (κ2) is 1.50. The summed E-state index contributed by atoms with van der Waals surface area (Å²) < 4.78 is 0. The van der Waals surface area contributed by atoms with E-state index in [-0.39, 0.29) is 6.10 Å². The van der Waals surface area contributed by atoms with E-state index in [1.54, 1.807) is 0 Å². The molecule has 43 valence electrons. The largest absolute Gasteiger partial charge is 0.394 e. The summed E-state index contributed by atoms with van der Waals surface area (Å²) in [5.41, 5.74) is 0. The van der Waals surface area contributed by atoms with Crippen LogP contribution in [0.3, 0.4) is 0 Å². The summed E-state index contributed by atoms with van der Waals surface area (Å²) in [5.74, 6) is 1.34. The average Bonchev–Trinajstić information content (AvgIpc) is 2.23. The predicted molar refractivity (Wildman–Crippen MR) is 33.1 cm³/mol. The standard InChI is InChI=1S/C6H10BO/c8-6-3-4-1-2-5(6)7-4/h4-6,8H,1-3H2. The van der Waals surface area contributed by atoms with E-state index in [2.05, 4.69) is 7.28 Å². The van der Waals surface area contributed by atoms with Crippen molar-refractivity contribution >= 4 is 7.28 Å². The van der Waals surface area contributed by atoms with Gasteiger partial charge in [-0.15, -0.1) is 0 Å². The Labute approximate surface area is 50.3 Å². The lowest BCUT2D eigenvalue weighted by molar-refractivity contribution is 0.148. The molecule has 1 nitrogen and oxygen atoms in total. The van der Waals surface area contributed by atoms with Crippen LogP contribution in [0, 0.1) is 0 Å². The first-order chi connectivity index (χ1) is 3.86. The topological polar surface area (TPSA) is 20.2 Å². The lowest BCUT2D eigenvalue weighted by Crippen LogP contribution is -2.10. The highest BCUT2D eigenvalue weighted by atomic mass is 16.3. The first-order valence-electron chi connectivity index (χ1n) is 3.39. The molecule has 0 aromatic carbocycles. The molecule has 0 aromatic heterocycles. The van der Waals surface area contributed by atoms with Crippen LogP contribution < -0.4 is 0 Å². The molecule has 0 amide bonds. The lowest BCUT2D eigenvalue weighted by atomic mass is 9.66. The van der Waals surface area contributed by atoms with Crippen LogP contribution in [0.25, 0.3) is 0 Å². The zero-order chi connectivity index (χ0) is 5.56. The van der Waals surface area contributed by atoms with Crippen molar-refractivity contribution in [1.29, 1.82) is 0 Å². The Bertz CT molecular complexity index is 103. The van der Waals surface area contributed by atoms with Gasteiger partial charge in [0.1, 0.15) is 7.28 Å². The maximum absolute atomic E-state index is 9.19. The zero-order valence-corrected chi connectivity index (χ0v) is 4.88. The van der Waals surface area contributed by atoms with Crippen molar-refractivity contribution in [2.45, 2.75) is 37.0 Å². The Morgan fingerprint density at radius 2 is 2.25 bits per heavy atom. The number of fused-ring (bicyclic) bond motifs is 2. The van der Waals surface area contributed by atoms with Gasteiger partial charge in [0.15, 0.2) is 0 Å². The van der Waals surface area contributed by atoms with Gasteiger partial charge in [-0.2, -0.15) is 0 Å². The van der Waals surface area contributed by atoms with Crippen LogP contribution in [0.2, 0.25) is 11.6 Å². The predicted octanol–water partition coefficient (Wildman–Crippen LogP) is 0.826. The Morgan fingerprint density at radius 1 is 1.38 bits per heavy atom. The van der Waals surface area contributed by atoms with E-state index in [1.165, 1.54) is 12.8 Å². The van der Waals surface area contributed by atoms with Crippen molar-refractivity contribution in [3.63, 3.8) is 0 Å². The Balaban J connectivity index is 2.11. The van der Waals surface area contributed by atoms with E-state index in [4.69, 9.17) is 0 Å². The van der Waals surface area contributed by atoms with Crippen LogP contribution in [-0.4, -0.2) is 18.5 Å². The third kappa shape index (κ3) is 0.525. The minimum absolute atomic E-state index is 0.0220. The van der Waals surface area contributed by atoms with Gasteiger partial charge in [-0.05, 0) is 12.2 Å². The maximum Gasteiger partial charge on any atom is 0.121 e. The molecule has 0 aliphatic carbocycles. The lowest BCUT2D eigenvalue weighted by Gasteiger charge is -2.15. The molecule has 2 aliphatic rings. The van der Waals surface area contributed by atoms with E-state index in [9.17, 15) is 5.11 Å². The summed E-state index contributed by atoms with van der Waals surface area (Å²) in [4.78, 5) is 0. The first kappa shape index (κ1) is 4.86. The van der Waals surface area contributed by atoms with E-state index < -0.39 is 0 Å². The van der Waals surface area contributed by atoms with Crippen molar-refractivity contribution in [3.8, 4) is 0 Å². The van der Waals surface area contributed by atoms with Gasteiger partial charge in [0.25, 0.3) is 0 Å². The second-order valence-corrected chi connectivity index (χ2v) is 3.00. The van der Waals surface area contributed by atoms with Gasteiger partial charge in [-0.25, -0.2) is 0 Å². The molecule has 8 heavy (non-hydrogen) atoms. The van der Waals surface area contributed by atoms with Crippen LogP contribution in [0.1, 0.15) is 19.3 Å². The normalized spacial score (nSPS) is 51.9.